The molecule has 2 saturated carbocycles. The van der Waals surface area contributed by atoms with Gasteiger partial charge in [0, 0.05) is 12.2 Å². The highest BCUT2D eigenvalue weighted by atomic mass is 16.5. The van der Waals surface area contributed by atoms with Crippen LogP contribution in [-0.4, -0.2) is 24.1 Å². The highest BCUT2D eigenvalue weighted by molar-refractivity contribution is 5.91. The van der Waals surface area contributed by atoms with Gasteiger partial charge in [0.05, 0.1) is 0 Å². The van der Waals surface area contributed by atoms with Gasteiger partial charge in [-0.05, 0) is 51.4 Å². The van der Waals surface area contributed by atoms with Gasteiger partial charge >= 0.3 is 11.9 Å². The Labute approximate surface area is 133 Å². The molecule has 2 rings (SSSR count). The van der Waals surface area contributed by atoms with Gasteiger partial charge in [0.25, 0.3) is 0 Å². The molecule has 2 aliphatic rings. The SMILES string of the molecule is O=C(/C=C/C(=O)OC1CCCCCC1)OC1CCCCCC1. The number of hydrogen-bond donors (Lipinski definition) is 0. The Morgan fingerprint density at radius 1 is 0.591 bits per heavy atom. The number of esters is 2. The average molecular weight is 308 g/mol. The maximum atomic E-state index is 11.8. The van der Waals surface area contributed by atoms with Crippen molar-refractivity contribution >= 4 is 11.9 Å². The van der Waals surface area contributed by atoms with Crippen molar-refractivity contribution in [1.82, 2.24) is 0 Å². The highest BCUT2D eigenvalue weighted by Gasteiger charge is 2.17. The van der Waals surface area contributed by atoms with E-state index < -0.39 is 11.9 Å². The summed E-state index contributed by atoms with van der Waals surface area (Å²) < 4.78 is 10.8. The van der Waals surface area contributed by atoms with Gasteiger partial charge in [-0.1, -0.05) is 25.7 Å². The zero-order valence-electron chi connectivity index (χ0n) is 13.4. The fourth-order valence-electron chi connectivity index (χ4n) is 3.26. The maximum absolute atomic E-state index is 11.8. The van der Waals surface area contributed by atoms with Crippen LogP contribution in [0.15, 0.2) is 12.2 Å². The molecule has 0 aromatic rings. The first-order valence-corrected chi connectivity index (χ1v) is 8.83. The van der Waals surface area contributed by atoms with Gasteiger partial charge in [-0.25, -0.2) is 9.59 Å². The first kappa shape index (κ1) is 17.0. The topological polar surface area (TPSA) is 52.6 Å². The van der Waals surface area contributed by atoms with Crippen molar-refractivity contribution in [3.8, 4) is 0 Å². The predicted molar refractivity (Wildman–Crippen MR) is 84.3 cm³/mol. The predicted octanol–water partition coefficient (Wildman–Crippen LogP) is 4.07. The van der Waals surface area contributed by atoms with Crippen LogP contribution < -0.4 is 0 Å². The Morgan fingerprint density at radius 2 is 0.909 bits per heavy atom. The lowest BCUT2D eigenvalue weighted by atomic mass is 10.1. The van der Waals surface area contributed by atoms with Crippen molar-refractivity contribution in [2.75, 3.05) is 0 Å². The second-order valence-electron chi connectivity index (χ2n) is 6.43. The smallest absolute Gasteiger partial charge is 0.331 e. The van der Waals surface area contributed by atoms with Crippen LogP contribution in [0, 0.1) is 0 Å². The summed E-state index contributed by atoms with van der Waals surface area (Å²) in [6.45, 7) is 0. The van der Waals surface area contributed by atoms with Crippen molar-refractivity contribution in [1.29, 1.82) is 0 Å². The fourth-order valence-corrected chi connectivity index (χ4v) is 3.26. The molecule has 0 unspecified atom stereocenters. The van der Waals surface area contributed by atoms with Crippen molar-refractivity contribution in [2.24, 2.45) is 0 Å². The van der Waals surface area contributed by atoms with E-state index in [2.05, 4.69) is 0 Å². The van der Waals surface area contributed by atoms with Crippen molar-refractivity contribution in [3.05, 3.63) is 12.2 Å². The monoisotopic (exact) mass is 308 g/mol. The molecule has 4 heteroatoms. The molecule has 0 radical (unpaired) electrons. The molecule has 0 heterocycles. The van der Waals surface area contributed by atoms with Gasteiger partial charge < -0.3 is 9.47 Å². The van der Waals surface area contributed by atoms with Crippen LogP contribution in [0.5, 0.6) is 0 Å². The van der Waals surface area contributed by atoms with E-state index in [4.69, 9.17) is 9.47 Å². The van der Waals surface area contributed by atoms with Gasteiger partial charge in [-0.3, -0.25) is 0 Å². The van der Waals surface area contributed by atoms with Crippen molar-refractivity contribution in [3.63, 3.8) is 0 Å². The lowest BCUT2D eigenvalue weighted by molar-refractivity contribution is -0.146. The van der Waals surface area contributed by atoms with Crippen LogP contribution >= 0.6 is 0 Å². The van der Waals surface area contributed by atoms with Gasteiger partial charge in [0.15, 0.2) is 0 Å². The van der Waals surface area contributed by atoms with E-state index in [1.165, 1.54) is 37.8 Å². The molecule has 4 nitrogen and oxygen atoms in total. The van der Waals surface area contributed by atoms with E-state index in [1.54, 1.807) is 0 Å². The summed E-state index contributed by atoms with van der Waals surface area (Å²) in [7, 11) is 0. The largest absolute Gasteiger partial charge is 0.459 e. The number of rotatable bonds is 4. The molecule has 0 atom stereocenters. The highest BCUT2D eigenvalue weighted by Crippen LogP contribution is 2.21. The summed E-state index contributed by atoms with van der Waals surface area (Å²) in [5.41, 5.74) is 0. The standard InChI is InChI=1S/C18H28O4/c19-17(21-15-9-5-1-2-6-10-15)13-14-18(20)22-16-11-7-3-4-8-12-16/h13-16H,1-12H2/b14-13+. The second kappa shape index (κ2) is 9.65. The van der Waals surface area contributed by atoms with E-state index in [9.17, 15) is 9.59 Å². The van der Waals surface area contributed by atoms with E-state index >= 15 is 0 Å². The summed E-state index contributed by atoms with van der Waals surface area (Å²) in [6, 6.07) is 0. The molecule has 0 aromatic carbocycles. The Balaban J connectivity index is 1.70. The van der Waals surface area contributed by atoms with E-state index in [1.807, 2.05) is 0 Å². The van der Waals surface area contributed by atoms with Gasteiger partial charge in [-0.15, -0.1) is 0 Å². The van der Waals surface area contributed by atoms with Gasteiger partial charge in [0.1, 0.15) is 12.2 Å². The van der Waals surface area contributed by atoms with Crippen LogP contribution in [0.25, 0.3) is 0 Å². The molecular weight excluding hydrogens is 280 g/mol. The summed E-state index contributed by atoms with van der Waals surface area (Å²) in [5, 5.41) is 0. The van der Waals surface area contributed by atoms with Crippen molar-refractivity contribution in [2.45, 2.75) is 89.3 Å². The number of ether oxygens (including phenoxy) is 2. The lowest BCUT2D eigenvalue weighted by Crippen LogP contribution is -2.18. The molecule has 2 fully saturated rings. The molecule has 0 amide bonds. The van der Waals surface area contributed by atoms with Gasteiger partial charge in [0.2, 0.25) is 0 Å². The lowest BCUT2D eigenvalue weighted by Gasteiger charge is -2.14. The second-order valence-corrected chi connectivity index (χ2v) is 6.43. The summed E-state index contributed by atoms with van der Waals surface area (Å²) >= 11 is 0. The Bertz CT molecular complexity index is 337. The third kappa shape index (κ3) is 6.63. The molecule has 0 bridgehead atoms. The van der Waals surface area contributed by atoms with E-state index in [0.29, 0.717) is 0 Å². The molecule has 22 heavy (non-hydrogen) atoms. The normalized spacial score (nSPS) is 22.0. The zero-order valence-corrected chi connectivity index (χ0v) is 13.4. The third-order valence-corrected chi connectivity index (χ3v) is 4.53. The first-order valence-electron chi connectivity index (χ1n) is 8.83. The Hall–Kier alpha value is -1.32. The summed E-state index contributed by atoms with van der Waals surface area (Å²) in [5.74, 6) is -0.852. The quantitative estimate of drug-likeness (QED) is 0.446. The molecule has 124 valence electrons. The van der Waals surface area contributed by atoms with Crippen molar-refractivity contribution < 1.29 is 19.1 Å². The molecule has 0 aromatic heterocycles. The number of carbonyl (C=O) groups is 2. The minimum Gasteiger partial charge on any atom is -0.459 e. The zero-order chi connectivity index (χ0) is 15.6. The van der Waals surface area contributed by atoms with Gasteiger partial charge in [-0.2, -0.15) is 0 Å². The number of carbonyl (C=O) groups excluding carboxylic acids is 2. The summed E-state index contributed by atoms with van der Waals surface area (Å²) in [4.78, 5) is 23.5. The molecule has 2 aliphatic carbocycles. The molecule has 0 spiro atoms. The number of hydrogen-bond acceptors (Lipinski definition) is 4. The Morgan fingerprint density at radius 3 is 1.23 bits per heavy atom. The minimum atomic E-state index is -0.426. The third-order valence-electron chi connectivity index (χ3n) is 4.53. The maximum Gasteiger partial charge on any atom is 0.331 e. The Kier molecular flexibility index (Phi) is 7.47. The molecule has 0 saturated heterocycles. The minimum absolute atomic E-state index is 0.0116. The van der Waals surface area contributed by atoms with Crippen LogP contribution in [0.1, 0.15) is 77.0 Å². The van der Waals surface area contributed by atoms with Crippen LogP contribution in [0.4, 0.5) is 0 Å². The van der Waals surface area contributed by atoms with E-state index in [-0.39, 0.29) is 12.2 Å². The average Bonchev–Trinajstić information content (AvgIpc) is 2.90. The molecular formula is C18H28O4. The summed E-state index contributed by atoms with van der Waals surface area (Å²) in [6.07, 6.45) is 15.5. The molecule has 0 N–H and O–H groups in total. The first-order chi connectivity index (χ1) is 10.7. The van der Waals surface area contributed by atoms with Crippen LogP contribution in [0.2, 0.25) is 0 Å². The van der Waals surface area contributed by atoms with Crippen LogP contribution in [-0.2, 0) is 19.1 Å². The molecule has 0 aliphatic heterocycles. The fraction of sp³-hybridized carbons (Fsp3) is 0.778. The van der Waals surface area contributed by atoms with Crippen LogP contribution in [0.3, 0.4) is 0 Å². The van der Waals surface area contributed by atoms with E-state index in [0.717, 1.165) is 51.4 Å².